The van der Waals surface area contributed by atoms with Crippen molar-refractivity contribution in [3.05, 3.63) is 78.9 Å². The molecular formula is C29H32O5. The number of fused-ring (bicyclic) bond motifs is 3. The fourth-order valence-corrected chi connectivity index (χ4v) is 3.83. The molecule has 0 N–H and O–H groups in total. The fourth-order valence-electron chi connectivity index (χ4n) is 3.83. The molecule has 0 aliphatic rings. The summed E-state index contributed by atoms with van der Waals surface area (Å²) in [5.74, 6) is 0.836. The van der Waals surface area contributed by atoms with Gasteiger partial charge in [0, 0.05) is 7.11 Å². The van der Waals surface area contributed by atoms with E-state index in [4.69, 9.17) is 23.7 Å². The number of benzene rings is 4. The maximum atomic E-state index is 5.81. The first-order valence-corrected chi connectivity index (χ1v) is 11.7. The molecule has 0 fully saturated rings. The molecule has 0 amide bonds. The van der Waals surface area contributed by atoms with Gasteiger partial charge in [0.2, 0.25) is 0 Å². The van der Waals surface area contributed by atoms with E-state index in [9.17, 15) is 0 Å². The first-order valence-electron chi connectivity index (χ1n) is 11.7. The van der Waals surface area contributed by atoms with Gasteiger partial charge in [-0.15, -0.1) is 0 Å². The van der Waals surface area contributed by atoms with E-state index in [1.807, 2.05) is 12.1 Å². The Morgan fingerprint density at radius 3 is 1.76 bits per heavy atom. The van der Waals surface area contributed by atoms with E-state index in [-0.39, 0.29) is 0 Å². The van der Waals surface area contributed by atoms with Gasteiger partial charge in [-0.3, -0.25) is 0 Å². The zero-order valence-electron chi connectivity index (χ0n) is 19.7. The van der Waals surface area contributed by atoms with Gasteiger partial charge in [0.1, 0.15) is 12.4 Å². The molecule has 0 saturated carbocycles. The Balaban J connectivity index is 1.20. The van der Waals surface area contributed by atoms with E-state index in [1.54, 1.807) is 7.11 Å². The summed E-state index contributed by atoms with van der Waals surface area (Å²) in [6.07, 6.45) is 0. The third kappa shape index (κ3) is 6.78. The summed E-state index contributed by atoms with van der Waals surface area (Å²) < 4.78 is 27.1. The second-order valence-corrected chi connectivity index (χ2v) is 7.93. The summed E-state index contributed by atoms with van der Waals surface area (Å²) >= 11 is 0. The highest BCUT2D eigenvalue weighted by molar-refractivity contribution is 6.08. The molecule has 0 saturated heterocycles. The van der Waals surface area contributed by atoms with Gasteiger partial charge in [0.25, 0.3) is 0 Å². The summed E-state index contributed by atoms with van der Waals surface area (Å²) in [7, 11) is 1.66. The van der Waals surface area contributed by atoms with Crippen molar-refractivity contribution in [3.63, 3.8) is 0 Å². The quantitative estimate of drug-likeness (QED) is 0.178. The Kier molecular flexibility index (Phi) is 9.29. The van der Waals surface area contributed by atoms with Crippen molar-refractivity contribution in [1.82, 2.24) is 0 Å². The Morgan fingerprint density at radius 1 is 0.500 bits per heavy atom. The number of rotatable bonds is 14. The number of hydrogen-bond donors (Lipinski definition) is 0. The van der Waals surface area contributed by atoms with Crippen LogP contribution in [0.3, 0.4) is 0 Å². The van der Waals surface area contributed by atoms with Crippen LogP contribution in [0.4, 0.5) is 0 Å². The highest BCUT2D eigenvalue weighted by atomic mass is 16.6. The van der Waals surface area contributed by atoms with Crippen LogP contribution >= 0.6 is 0 Å². The lowest BCUT2D eigenvalue weighted by molar-refractivity contribution is 0.000164. The number of ether oxygens (including phenoxy) is 5. The Bertz CT molecular complexity index is 1160. The molecule has 178 valence electrons. The van der Waals surface area contributed by atoms with Crippen LogP contribution in [0.2, 0.25) is 0 Å². The maximum absolute atomic E-state index is 5.81. The van der Waals surface area contributed by atoms with Gasteiger partial charge in [-0.25, -0.2) is 0 Å². The molecular weight excluding hydrogens is 428 g/mol. The molecule has 0 bridgehead atoms. The van der Waals surface area contributed by atoms with Gasteiger partial charge in [0.15, 0.2) is 0 Å². The van der Waals surface area contributed by atoms with Crippen LogP contribution in [0.25, 0.3) is 32.7 Å². The van der Waals surface area contributed by atoms with Gasteiger partial charge in [-0.05, 0) is 50.9 Å². The predicted molar refractivity (Wildman–Crippen MR) is 137 cm³/mol. The summed E-state index contributed by atoms with van der Waals surface area (Å²) in [4.78, 5) is 0. The standard InChI is InChI=1S/C29H32O5/c1-30-14-15-31-16-17-32-18-19-33-20-21-34-27-12-10-23(11-13-27)26-9-8-25-7-6-24-4-2-3-5-28(24)29(25)22-26/h2-13,22H,14-21H2,1H3. The molecule has 34 heavy (non-hydrogen) atoms. The molecule has 0 heterocycles. The molecule has 5 heteroatoms. The van der Waals surface area contributed by atoms with Gasteiger partial charge >= 0.3 is 0 Å². The van der Waals surface area contributed by atoms with E-state index in [0.29, 0.717) is 52.9 Å². The Morgan fingerprint density at radius 2 is 1.06 bits per heavy atom. The molecule has 4 rings (SSSR count). The molecule has 5 nitrogen and oxygen atoms in total. The number of methoxy groups -OCH3 is 1. The number of hydrogen-bond acceptors (Lipinski definition) is 5. The molecule has 0 aliphatic heterocycles. The third-order valence-corrected chi connectivity index (χ3v) is 5.61. The summed E-state index contributed by atoms with van der Waals surface area (Å²) in [5.41, 5.74) is 2.37. The van der Waals surface area contributed by atoms with Crippen molar-refractivity contribution in [1.29, 1.82) is 0 Å². The van der Waals surface area contributed by atoms with Crippen molar-refractivity contribution in [2.24, 2.45) is 0 Å². The fraction of sp³-hybridized carbons (Fsp3) is 0.310. The van der Waals surface area contributed by atoms with Gasteiger partial charge in [-0.2, -0.15) is 0 Å². The van der Waals surface area contributed by atoms with Crippen LogP contribution < -0.4 is 4.74 Å². The molecule has 0 aromatic heterocycles. The van der Waals surface area contributed by atoms with Crippen LogP contribution in [0, 0.1) is 0 Å². The second-order valence-electron chi connectivity index (χ2n) is 7.93. The van der Waals surface area contributed by atoms with Crippen molar-refractivity contribution in [2.75, 3.05) is 60.0 Å². The van der Waals surface area contributed by atoms with Crippen LogP contribution in [0.5, 0.6) is 5.75 Å². The highest BCUT2D eigenvalue weighted by Crippen LogP contribution is 2.30. The molecule has 0 radical (unpaired) electrons. The Hall–Kier alpha value is -2.96. The summed E-state index contributed by atoms with van der Waals surface area (Å²) in [5, 5.41) is 5.07. The van der Waals surface area contributed by atoms with Gasteiger partial charge in [0.05, 0.1) is 46.2 Å². The van der Waals surface area contributed by atoms with E-state index in [1.165, 1.54) is 32.7 Å². The molecule has 0 unspecified atom stereocenters. The van der Waals surface area contributed by atoms with Crippen LogP contribution in [-0.2, 0) is 18.9 Å². The van der Waals surface area contributed by atoms with Crippen molar-refractivity contribution >= 4 is 21.5 Å². The lowest BCUT2D eigenvalue weighted by atomic mass is 9.97. The normalized spacial score (nSPS) is 11.3. The summed E-state index contributed by atoms with van der Waals surface area (Å²) in [6, 6.07) is 27.8. The van der Waals surface area contributed by atoms with Crippen LogP contribution in [0.1, 0.15) is 0 Å². The Labute approximate surface area is 201 Å². The molecule has 4 aromatic rings. The van der Waals surface area contributed by atoms with Crippen molar-refractivity contribution in [3.8, 4) is 16.9 Å². The van der Waals surface area contributed by atoms with Crippen LogP contribution in [-0.4, -0.2) is 60.0 Å². The van der Waals surface area contributed by atoms with Crippen LogP contribution in [0.15, 0.2) is 78.9 Å². The van der Waals surface area contributed by atoms with E-state index < -0.39 is 0 Å². The minimum Gasteiger partial charge on any atom is -0.491 e. The van der Waals surface area contributed by atoms with Gasteiger partial charge < -0.3 is 23.7 Å². The van der Waals surface area contributed by atoms with Crippen molar-refractivity contribution in [2.45, 2.75) is 0 Å². The first kappa shape index (κ1) is 24.2. The SMILES string of the molecule is COCCOCCOCCOCCOc1ccc(-c2ccc3ccc4ccccc4c3c2)cc1. The average molecular weight is 461 g/mol. The maximum Gasteiger partial charge on any atom is 0.119 e. The lowest BCUT2D eigenvalue weighted by Crippen LogP contribution is -2.13. The first-order chi connectivity index (χ1) is 16.8. The zero-order valence-corrected chi connectivity index (χ0v) is 19.7. The van der Waals surface area contributed by atoms with E-state index in [0.717, 1.165) is 5.75 Å². The summed E-state index contributed by atoms with van der Waals surface area (Å²) in [6.45, 7) is 4.43. The molecule has 0 spiro atoms. The minimum atomic E-state index is 0.501. The third-order valence-electron chi connectivity index (χ3n) is 5.61. The molecule has 0 aliphatic carbocycles. The lowest BCUT2D eigenvalue weighted by Gasteiger charge is -2.10. The predicted octanol–water partition coefficient (Wildman–Crippen LogP) is 5.74. The average Bonchev–Trinajstić information content (AvgIpc) is 2.89. The zero-order chi connectivity index (χ0) is 23.4. The smallest absolute Gasteiger partial charge is 0.119 e. The topological polar surface area (TPSA) is 46.2 Å². The molecule has 0 atom stereocenters. The second kappa shape index (κ2) is 13.1. The largest absolute Gasteiger partial charge is 0.491 e. The monoisotopic (exact) mass is 460 g/mol. The highest BCUT2D eigenvalue weighted by Gasteiger charge is 2.04. The van der Waals surface area contributed by atoms with Crippen molar-refractivity contribution < 1.29 is 23.7 Å². The van der Waals surface area contributed by atoms with Gasteiger partial charge in [-0.1, -0.05) is 60.7 Å². The minimum absolute atomic E-state index is 0.501. The van der Waals surface area contributed by atoms with E-state index >= 15 is 0 Å². The van der Waals surface area contributed by atoms with E-state index in [2.05, 4.69) is 66.7 Å². The molecule has 4 aromatic carbocycles.